The highest BCUT2D eigenvalue weighted by Gasteiger charge is 2.08. The van der Waals surface area contributed by atoms with Crippen LogP contribution in [0.15, 0.2) is 33.9 Å². The number of hydrogen-bond donors (Lipinski definition) is 0. The van der Waals surface area contributed by atoms with Gasteiger partial charge < -0.3 is 4.57 Å². The Morgan fingerprint density at radius 3 is 2.40 bits per heavy atom. The summed E-state index contributed by atoms with van der Waals surface area (Å²) in [5, 5.41) is 9.18. The number of benzene rings is 1. The van der Waals surface area contributed by atoms with E-state index in [9.17, 15) is 0 Å². The Kier molecular flexibility index (Phi) is 3.11. The van der Waals surface area contributed by atoms with E-state index >= 15 is 0 Å². The molecule has 5 heteroatoms. The fourth-order valence-corrected chi connectivity index (χ4v) is 2.09. The first-order valence-electron chi connectivity index (χ1n) is 4.41. The molecule has 2 aromatic rings. The van der Waals surface area contributed by atoms with Gasteiger partial charge in [0.15, 0.2) is 11.0 Å². The predicted octanol–water partition coefficient (Wildman–Crippen LogP) is 2.97. The molecule has 0 atom stereocenters. The summed E-state index contributed by atoms with van der Waals surface area (Å²) in [5.41, 5.74) is 1.08. The number of rotatable bonds is 2. The molecule has 3 nitrogen and oxygen atoms in total. The van der Waals surface area contributed by atoms with Gasteiger partial charge in [0.1, 0.15) is 0 Å². The fraction of sp³-hybridized carbons (Fsp3) is 0.200. The van der Waals surface area contributed by atoms with Crippen LogP contribution in [-0.4, -0.2) is 21.0 Å². The molecule has 0 spiro atoms. The van der Waals surface area contributed by atoms with Gasteiger partial charge in [-0.3, -0.25) is 0 Å². The van der Waals surface area contributed by atoms with Gasteiger partial charge in [0, 0.05) is 17.1 Å². The summed E-state index contributed by atoms with van der Waals surface area (Å²) in [7, 11) is 1.98. The van der Waals surface area contributed by atoms with Gasteiger partial charge in [-0.05, 0) is 18.4 Å². The maximum absolute atomic E-state index is 4.16. The SMILES string of the molecule is CSc1nnc(-c2ccc(Br)cc2)n1C. The number of hydrogen-bond acceptors (Lipinski definition) is 3. The van der Waals surface area contributed by atoms with Crippen LogP contribution in [-0.2, 0) is 7.05 Å². The maximum Gasteiger partial charge on any atom is 0.190 e. The molecule has 1 aromatic carbocycles. The van der Waals surface area contributed by atoms with Crippen molar-refractivity contribution in [2.45, 2.75) is 5.16 Å². The van der Waals surface area contributed by atoms with Crippen LogP contribution in [0.1, 0.15) is 0 Å². The van der Waals surface area contributed by atoms with E-state index in [0.717, 1.165) is 21.0 Å². The Morgan fingerprint density at radius 1 is 1.20 bits per heavy atom. The lowest BCUT2D eigenvalue weighted by Gasteiger charge is -2.01. The minimum absolute atomic E-state index is 0.895. The second kappa shape index (κ2) is 4.37. The summed E-state index contributed by atoms with van der Waals surface area (Å²) in [4.78, 5) is 0. The average molecular weight is 284 g/mol. The molecule has 0 radical (unpaired) electrons. The molecule has 1 aromatic heterocycles. The zero-order valence-electron chi connectivity index (χ0n) is 8.44. The van der Waals surface area contributed by atoms with Crippen molar-refractivity contribution in [1.29, 1.82) is 0 Å². The van der Waals surface area contributed by atoms with Crippen molar-refractivity contribution in [3.8, 4) is 11.4 Å². The van der Waals surface area contributed by atoms with E-state index in [1.165, 1.54) is 0 Å². The first kappa shape index (κ1) is 10.7. The Labute approximate surface area is 101 Å². The molecule has 0 fully saturated rings. The van der Waals surface area contributed by atoms with Crippen LogP contribution in [0.5, 0.6) is 0 Å². The third-order valence-electron chi connectivity index (χ3n) is 2.12. The molecule has 1 heterocycles. The van der Waals surface area contributed by atoms with Gasteiger partial charge in [-0.2, -0.15) is 0 Å². The standard InChI is InChI=1S/C10H10BrN3S/c1-14-9(12-13-10(14)15-2)7-3-5-8(11)6-4-7/h3-6H,1-2H3. The third-order valence-corrected chi connectivity index (χ3v) is 3.37. The molecule has 2 rings (SSSR count). The van der Waals surface area contributed by atoms with Crippen LogP contribution >= 0.6 is 27.7 Å². The average Bonchev–Trinajstić information content (AvgIpc) is 2.61. The molecule has 15 heavy (non-hydrogen) atoms. The lowest BCUT2D eigenvalue weighted by Crippen LogP contribution is -1.93. The monoisotopic (exact) mass is 283 g/mol. The lowest BCUT2D eigenvalue weighted by molar-refractivity contribution is 0.795. The third kappa shape index (κ3) is 2.08. The zero-order chi connectivity index (χ0) is 10.8. The zero-order valence-corrected chi connectivity index (χ0v) is 10.8. The van der Waals surface area contributed by atoms with Crippen LogP contribution in [0.2, 0.25) is 0 Å². The molecule has 78 valence electrons. The molecule has 0 aliphatic carbocycles. The number of halogens is 1. The number of aromatic nitrogens is 3. The van der Waals surface area contributed by atoms with Crippen LogP contribution in [0.3, 0.4) is 0 Å². The van der Waals surface area contributed by atoms with Crippen LogP contribution < -0.4 is 0 Å². The molecular formula is C10H10BrN3S. The molecule has 0 saturated heterocycles. The normalized spacial score (nSPS) is 10.6. The highest BCUT2D eigenvalue weighted by Crippen LogP contribution is 2.22. The van der Waals surface area contributed by atoms with Crippen molar-refractivity contribution in [1.82, 2.24) is 14.8 Å². The molecule has 0 aliphatic heterocycles. The van der Waals surface area contributed by atoms with Gasteiger partial charge >= 0.3 is 0 Å². The molecular weight excluding hydrogens is 274 g/mol. The highest BCUT2D eigenvalue weighted by atomic mass is 79.9. The van der Waals surface area contributed by atoms with Crippen molar-refractivity contribution >= 4 is 27.7 Å². The summed E-state index contributed by atoms with van der Waals surface area (Å²) < 4.78 is 3.06. The van der Waals surface area contributed by atoms with Crippen molar-refractivity contribution in [3.05, 3.63) is 28.7 Å². The molecule has 0 unspecified atom stereocenters. The van der Waals surface area contributed by atoms with Gasteiger partial charge in [0.05, 0.1) is 0 Å². The Balaban J connectivity index is 2.45. The second-order valence-corrected chi connectivity index (χ2v) is 4.77. The summed E-state index contributed by atoms with van der Waals surface area (Å²) in [6.07, 6.45) is 2.00. The molecule has 0 bridgehead atoms. The van der Waals surface area contributed by atoms with Crippen LogP contribution in [0.4, 0.5) is 0 Å². The van der Waals surface area contributed by atoms with Gasteiger partial charge in [-0.1, -0.05) is 39.8 Å². The Morgan fingerprint density at radius 2 is 1.87 bits per heavy atom. The van der Waals surface area contributed by atoms with Gasteiger partial charge in [-0.25, -0.2) is 0 Å². The quantitative estimate of drug-likeness (QED) is 0.794. The lowest BCUT2D eigenvalue weighted by atomic mass is 10.2. The minimum Gasteiger partial charge on any atom is -0.305 e. The first-order chi connectivity index (χ1) is 7.22. The first-order valence-corrected chi connectivity index (χ1v) is 6.43. The van der Waals surface area contributed by atoms with Crippen LogP contribution in [0.25, 0.3) is 11.4 Å². The molecule has 0 saturated carbocycles. The van der Waals surface area contributed by atoms with E-state index < -0.39 is 0 Å². The number of nitrogens with zero attached hydrogens (tertiary/aromatic N) is 3. The van der Waals surface area contributed by atoms with E-state index in [0.29, 0.717) is 0 Å². The van der Waals surface area contributed by atoms with E-state index in [2.05, 4.69) is 26.1 Å². The fourth-order valence-electron chi connectivity index (χ4n) is 1.34. The topological polar surface area (TPSA) is 30.7 Å². The Hall–Kier alpha value is -0.810. The highest BCUT2D eigenvalue weighted by molar-refractivity contribution is 9.10. The largest absolute Gasteiger partial charge is 0.305 e. The van der Waals surface area contributed by atoms with E-state index in [1.54, 1.807) is 11.8 Å². The van der Waals surface area contributed by atoms with Gasteiger partial charge in [0.2, 0.25) is 0 Å². The van der Waals surface area contributed by atoms with Gasteiger partial charge in [-0.15, -0.1) is 10.2 Å². The molecule has 0 N–H and O–H groups in total. The second-order valence-electron chi connectivity index (χ2n) is 3.08. The summed E-state index contributed by atoms with van der Waals surface area (Å²) in [6, 6.07) is 8.06. The summed E-state index contributed by atoms with van der Waals surface area (Å²) >= 11 is 5.00. The Bertz CT molecular complexity index is 464. The summed E-state index contributed by atoms with van der Waals surface area (Å²) in [6.45, 7) is 0. The van der Waals surface area contributed by atoms with Crippen molar-refractivity contribution < 1.29 is 0 Å². The minimum atomic E-state index is 0.895. The smallest absolute Gasteiger partial charge is 0.190 e. The molecule has 0 amide bonds. The molecule has 0 aliphatic rings. The van der Waals surface area contributed by atoms with Crippen molar-refractivity contribution in [3.63, 3.8) is 0 Å². The predicted molar refractivity (Wildman–Crippen MR) is 65.9 cm³/mol. The van der Waals surface area contributed by atoms with Crippen molar-refractivity contribution in [2.75, 3.05) is 6.26 Å². The van der Waals surface area contributed by atoms with Crippen LogP contribution in [0, 0.1) is 0 Å². The summed E-state index contributed by atoms with van der Waals surface area (Å²) in [5.74, 6) is 0.895. The van der Waals surface area contributed by atoms with E-state index in [1.807, 2.05) is 42.1 Å². The van der Waals surface area contributed by atoms with E-state index in [-0.39, 0.29) is 0 Å². The maximum atomic E-state index is 4.16. The van der Waals surface area contributed by atoms with Gasteiger partial charge in [0.25, 0.3) is 0 Å². The van der Waals surface area contributed by atoms with E-state index in [4.69, 9.17) is 0 Å². The van der Waals surface area contributed by atoms with Crippen molar-refractivity contribution in [2.24, 2.45) is 7.05 Å². The number of thioether (sulfide) groups is 1.